The molecule has 14 heteroatoms. The van der Waals surface area contributed by atoms with E-state index in [9.17, 15) is 53.1 Å². The quantitative estimate of drug-likeness (QED) is 0.417. The van der Waals surface area contributed by atoms with Crippen molar-refractivity contribution in [2.24, 2.45) is 0 Å². The van der Waals surface area contributed by atoms with Gasteiger partial charge >= 0.3 is 36.2 Å². The average molecular weight is 344 g/mol. The summed E-state index contributed by atoms with van der Waals surface area (Å²) in [6.07, 6.45) is -16.2. The van der Waals surface area contributed by atoms with E-state index in [0.717, 1.165) is 0 Å². The van der Waals surface area contributed by atoms with E-state index in [2.05, 4.69) is 9.47 Å². The first-order valence-corrected chi connectivity index (χ1v) is 4.30. The van der Waals surface area contributed by atoms with E-state index in [1.807, 2.05) is 0 Å². The minimum absolute atomic E-state index is 0.446. The van der Waals surface area contributed by atoms with Crippen LogP contribution in [0.3, 0.4) is 0 Å². The Balaban J connectivity index is 0.000000382. The third-order valence-electron chi connectivity index (χ3n) is 1.76. The second-order valence-electron chi connectivity index (χ2n) is 3.28. The van der Waals surface area contributed by atoms with E-state index in [-0.39, 0.29) is 0 Å². The van der Waals surface area contributed by atoms with Crippen molar-refractivity contribution in [2.75, 3.05) is 7.11 Å². The van der Waals surface area contributed by atoms with Crippen LogP contribution in [0, 0.1) is 0 Å². The number of hydrogen-bond acceptors (Lipinski definition) is 3. The summed E-state index contributed by atoms with van der Waals surface area (Å²) in [4.78, 5) is 9.79. The Hall–Kier alpha value is -1.34. The number of methoxy groups -OCH3 is 1. The van der Waals surface area contributed by atoms with E-state index in [1.165, 1.54) is 0 Å². The molecule has 1 rings (SSSR count). The Labute approximate surface area is 107 Å². The summed E-state index contributed by atoms with van der Waals surface area (Å²) in [6, 6.07) is 0. The van der Waals surface area contributed by atoms with Gasteiger partial charge in [0.2, 0.25) is 0 Å². The first-order valence-electron chi connectivity index (χ1n) is 4.30. The fourth-order valence-electron chi connectivity index (χ4n) is 0.618. The second-order valence-corrected chi connectivity index (χ2v) is 3.28. The van der Waals surface area contributed by atoms with Gasteiger partial charge in [-0.1, -0.05) is 0 Å². The van der Waals surface area contributed by atoms with Crippen molar-refractivity contribution in [1.29, 1.82) is 0 Å². The monoisotopic (exact) mass is 344 g/mol. The lowest BCUT2D eigenvalue weighted by atomic mass is 10.3. The van der Waals surface area contributed by atoms with E-state index in [1.54, 1.807) is 0 Å². The highest BCUT2D eigenvalue weighted by molar-refractivity contribution is 5.78. The molecule has 0 N–H and O–H groups in total. The summed E-state index contributed by atoms with van der Waals surface area (Å²) in [5.74, 6) is -12.8. The zero-order valence-corrected chi connectivity index (χ0v) is 9.38. The predicted octanol–water partition coefficient (Wildman–Crippen LogP) is 3.19. The van der Waals surface area contributed by atoms with E-state index in [0.29, 0.717) is 7.11 Å². The number of carbonyl (C=O) groups is 1. The number of halogens is 11. The van der Waals surface area contributed by atoms with Crippen molar-refractivity contribution >= 4 is 5.97 Å². The summed E-state index contributed by atoms with van der Waals surface area (Å²) in [5.41, 5.74) is 0. The van der Waals surface area contributed by atoms with Gasteiger partial charge in [0, 0.05) is 0 Å². The smallest absolute Gasteiger partial charge is 0.464 e. The van der Waals surface area contributed by atoms with Crippen molar-refractivity contribution in [3.8, 4) is 0 Å². The molecule has 0 amide bonds. The molecule has 1 heterocycles. The summed E-state index contributed by atoms with van der Waals surface area (Å²) in [5, 5.41) is 0. The highest BCUT2D eigenvalue weighted by Crippen LogP contribution is 2.60. The SMILES string of the molecule is COC(=O)C(F)(F)C(F)(F)F.FC(F)(F)C1(F)OC1(F)F. The highest BCUT2D eigenvalue weighted by atomic mass is 19.4. The van der Waals surface area contributed by atoms with Crippen molar-refractivity contribution in [3.05, 3.63) is 0 Å². The van der Waals surface area contributed by atoms with E-state index in [4.69, 9.17) is 0 Å². The van der Waals surface area contributed by atoms with Crippen molar-refractivity contribution < 1.29 is 62.6 Å². The van der Waals surface area contributed by atoms with Gasteiger partial charge in [-0.25, -0.2) is 4.79 Å². The number of carbonyl (C=O) groups excluding carboxylic acids is 1. The van der Waals surface area contributed by atoms with Crippen molar-refractivity contribution in [3.63, 3.8) is 0 Å². The summed E-state index contributed by atoms with van der Waals surface area (Å²) in [7, 11) is 0.446. The van der Waals surface area contributed by atoms with Gasteiger partial charge in [0.15, 0.2) is 0 Å². The molecule has 1 atom stereocenters. The Bertz CT molecular complexity index is 398. The van der Waals surface area contributed by atoms with Gasteiger partial charge in [0.05, 0.1) is 7.11 Å². The topological polar surface area (TPSA) is 38.8 Å². The van der Waals surface area contributed by atoms with Crippen LogP contribution in [0.2, 0.25) is 0 Å². The van der Waals surface area contributed by atoms with Crippen molar-refractivity contribution in [1.82, 2.24) is 0 Å². The molecule has 1 fully saturated rings. The summed E-state index contributed by atoms with van der Waals surface area (Å²) in [6.45, 7) is 0. The molecule has 1 aliphatic heterocycles. The van der Waals surface area contributed by atoms with Crippen LogP contribution in [0.5, 0.6) is 0 Å². The number of epoxide rings is 1. The van der Waals surface area contributed by atoms with Gasteiger partial charge in [-0.15, -0.1) is 0 Å². The highest BCUT2D eigenvalue weighted by Gasteiger charge is 2.90. The molecule has 1 saturated heterocycles. The molecule has 0 aliphatic carbocycles. The molecule has 0 radical (unpaired) electrons. The lowest BCUT2D eigenvalue weighted by Crippen LogP contribution is -2.44. The van der Waals surface area contributed by atoms with Gasteiger partial charge in [-0.3, -0.25) is 4.74 Å². The van der Waals surface area contributed by atoms with Gasteiger partial charge in [0.1, 0.15) is 0 Å². The van der Waals surface area contributed by atoms with E-state index < -0.39 is 36.2 Å². The minimum atomic E-state index is -5.89. The predicted molar refractivity (Wildman–Crippen MR) is 38.9 cm³/mol. The maximum atomic E-state index is 11.7. The van der Waals surface area contributed by atoms with Gasteiger partial charge in [-0.2, -0.15) is 48.3 Å². The van der Waals surface area contributed by atoms with Gasteiger partial charge in [0.25, 0.3) is 0 Å². The Morgan fingerprint density at radius 1 is 0.952 bits per heavy atom. The lowest BCUT2D eigenvalue weighted by molar-refractivity contribution is -0.279. The van der Waals surface area contributed by atoms with E-state index >= 15 is 0 Å². The van der Waals surface area contributed by atoms with Crippen LogP contribution in [-0.4, -0.2) is 43.3 Å². The third kappa shape index (κ3) is 3.65. The number of hydrogen-bond donors (Lipinski definition) is 0. The molecule has 1 aliphatic rings. The molecule has 0 spiro atoms. The number of ether oxygens (including phenoxy) is 2. The van der Waals surface area contributed by atoms with Crippen LogP contribution in [0.25, 0.3) is 0 Å². The third-order valence-corrected chi connectivity index (χ3v) is 1.76. The first-order chi connectivity index (χ1) is 8.94. The lowest BCUT2D eigenvalue weighted by Gasteiger charge is -2.15. The number of rotatable bonds is 1. The first kappa shape index (κ1) is 19.7. The Kier molecular flexibility index (Phi) is 4.81. The Morgan fingerprint density at radius 3 is 1.33 bits per heavy atom. The van der Waals surface area contributed by atoms with Gasteiger partial charge < -0.3 is 4.74 Å². The molecule has 0 bridgehead atoms. The van der Waals surface area contributed by atoms with Crippen LogP contribution in [0.1, 0.15) is 0 Å². The molecular formula is C7H3F11O3. The zero-order chi connectivity index (χ0) is 17.5. The molecule has 126 valence electrons. The van der Waals surface area contributed by atoms with Crippen LogP contribution < -0.4 is 0 Å². The molecule has 21 heavy (non-hydrogen) atoms. The van der Waals surface area contributed by atoms with Crippen LogP contribution in [0.4, 0.5) is 48.3 Å². The van der Waals surface area contributed by atoms with Crippen LogP contribution in [-0.2, 0) is 14.3 Å². The van der Waals surface area contributed by atoms with Gasteiger partial charge in [-0.05, 0) is 0 Å². The van der Waals surface area contributed by atoms with Crippen LogP contribution >= 0.6 is 0 Å². The molecular weight excluding hydrogens is 341 g/mol. The maximum Gasteiger partial charge on any atom is 0.465 e. The largest absolute Gasteiger partial charge is 0.465 e. The fourth-order valence-corrected chi connectivity index (χ4v) is 0.618. The fraction of sp³-hybridized carbons (Fsp3) is 0.857. The normalized spacial score (nSPS) is 24.8. The molecule has 3 nitrogen and oxygen atoms in total. The number of esters is 1. The maximum absolute atomic E-state index is 11.7. The summed E-state index contributed by atoms with van der Waals surface area (Å²) >= 11 is 0. The molecule has 0 saturated carbocycles. The Morgan fingerprint density at radius 2 is 1.29 bits per heavy atom. The second kappa shape index (κ2) is 5.14. The molecule has 1 unspecified atom stereocenters. The van der Waals surface area contributed by atoms with Crippen LogP contribution in [0.15, 0.2) is 0 Å². The minimum Gasteiger partial charge on any atom is -0.464 e. The zero-order valence-electron chi connectivity index (χ0n) is 9.38. The molecule has 0 aromatic rings. The molecule has 0 aromatic carbocycles. The summed E-state index contributed by atoms with van der Waals surface area (Å²) < 4.78 is 131. The standard InChI is InChI=1S/C4H3F5O2.C3F6O/c1-11-2(10)3(5,6)4(7,8)9;4-1(2(5,6)7)3(8,9)10-1/h1H3;. The van der Waals surface area contributed by atoms with Crippen molar-refractivity contribution in [2.45, 2.75) is 30.2 Å². The number of alkyl halides is 11. The molecule has 0 aromatic heterocycles. The average Bonchev–Trinajstić information content (AvgIpc) is 2.77.